The Morgan fingerprint density at radius 1 is 1.42 bits per heavy atom. The standard InChI is InChI=1S/C13H20N4O2/c1-10-8-12(19-15-10)9-16-5-2-11(3-6-16)17-7-4-14-13(17)18/h8,11H,2-7,9H2,1H3,(H,14,18). The van der Waals surface area contributed by atoms with Gasteiger partial charge in [-0.15, -0.1) is 0 Å². The lowest BCUT2D eigenvalue weighted by Crippen LogP contribution is -2.45. The van der Waals surface area contributed by atoms with Crippen molar-refractivity contribution in [3.8, 4) is 0 Å². The molecule has 3 rings (SSSR count). The lowest BCUT2D eigenvalue weighted by molar-refractivity contribution is 0.125. The minimum absolute atomic E-state index is 0.101. The van der Waals surface area contributed by atoms with Gasteiger partial charge < -0.3 is 14.7 Å². The van der Waals surface area contributed by atoms with Crippen molar-refractivity contribution in [3.63, 3.8) is 0 Å². The molecule has 0 saturated carbocycles. The van der Waals surface area contributed by atoms with Crippen molar-refractivity contribution in [3.05, 3.63) is 17.5 Å². The van der Waals surface area contributed by atoms with Gasteiger partial charge in [-0.2, -0.15) is 0 Å². The van der Waals surface area contributed by atoms with E-state index in [4.69, 9.17) is 4.52 Å². The van der Waals surface area contributed by atoms with E-state index in [1.54, 1.807) is 0 Å². The molecule has 104 valence electrons. The quantitative estimate of drug-likeness (QED) is 0.883. The Balaban J connectivity index is 1.50. The smallest absolute Gasteiger partial charge is 0.317 e. The highest BCUT2D eigenvalue weighted by atomic mass is 16.5. The third-order valence-electron chi connectivity index (χ3n) is 3.94. The van der Waals surface area contributed by atoms with Gasteiger partial charge in [-0.25, -0.2) is 4.79 Å². The molecule has 2 aliphatic rings. The Morgan fingerprint density at radius 3 is 2.79 bits per heavy atom. The minimum atomic E-state index is 0.101. The predicted octanol–water partition coefficient (Wildman–Crippen LogP) is 0.973. The first-order valence-corrected chi connectivity index (χ1v) is 6.91. The van der Waals surface area contributed by atoms with E-state index in [1.165, 1.54) is 0 Å². The van der Waals surface area contributed by atoms with Crippen LogP contribution in [0.25, 0.3) is 0 Å². The summed E-state index contributed by atoms with van der Waals surface area (Å²) in [4.78, 5) is 16.0. The number of piperidine rings is 1. The summed E-state index contributed by atoms with van der Waals surface area (Å²) in [6.45, 7) is 6.41. The van der Waals surface area contributed by atoms with Crippen molar-refractivity contribution in [2.24, 2.45) is 0 Å². The van der Waals surface area contributed by atoms with Gasteiger partial charge in [0, 0.05) is 38.3 Å². The van der Waals surface area contributed by atoms with Crippen molar-refractivity contribution >= 4 is 6.03 Å². The van der Waals surface area contributed by atoms with Crippen LogP contribution < -0.4 is 5.32 Å². The second-order valence-electron chi connectivity index (χ2n) is 5.37. The molecule has 0 spiro atoms. The van der Waals surface area contributed by atoms with Gasteiger partial charge in [-0.1, -0.05) is 5.16 Å². The molecule has 0 radical (unpaired) electrons. The first-order chi connectivity index (χ1) is 9.22. The molecule has 1 aromatic heterocycles. The zero-order valence-electron chi connectivity index (χ0n) is 11.3. The van der Waals surface area contributed by atoms with Crippen molar-refractivity contribution in [2.45, 2.75) is 32.4 Å². The Morgan fingerprint density at radius 2 is 2.21 bits per heavy atom. The second-order valence-corrected chi connectivity index (χ2v) is 5.37. The van der Waals surface area contributed by atoms with Crippen LogP contribution in [-0.4, -0.2) is 53.2 Å². The first kappa shape index (κ1) is 12.5. The Kier molecular flexibility index (Phi) is 3.42. The lowest BCUT2D eigenvalue weighted by atomic mass is 10.0. The van der Waals surface area contributed by atoms with Gasteiger partial charge in [0.05, 0.1) is 12.2 Å². The number of aromatic nitrogens is 1. The third-order valence-corrected chi connectivity index (χ3v) is 3.94. The van der Waals surface area contributed by atoms with Crippen LogP contribution >= 0.6 is 0 Å². The monoisotopic (exact) mass is 264 g/mol. The zero-order valence-corrected chi connectivity index (χ0v) is 11.3. The summed E-state index contributed by atoms with van der Waals surface area (Å²) >= 11 is 0. The number of hydrogen-bond acceptors (Lipinski definition) is 4. The molecule has 2 saturated heterocycles. The minimum Gasteiger partial charge on any atom is -0.360 e. The number of nitrogens with one attached hydrogen (secondary N) is 1. The SMILES string of the molecule is Cc1cc(CN2CCC(N3CCNC3=O)CC2)on1. The van der Waals surface area contributed by atoms with E-state index in [-0.39, 0.29) is 6.03 Å². The molecule has 0 unspecified atom stereocenters. The van der Waals surface area contributed by atoms with E-state index >= 15 is 0 Å². The Hall–Kier alpha value is -1.56. The Bertz CT molecular complexity index is 451. The summed E-state index contributed by atoms with van der Waals surface area (Å²) in [5, 5.41) is 6.78. The van der Waals surface area contributed by atoms with Gasteiger partial charge in [0.2, 0.25) is 0 Å². The highest BCUT2D eigenvalue weighted by Gasteiger charge is 2.30. The van der Waals surface area contributed by atoms with Crippen LogP contribution in [0.15, 0.2) is 10.6 Å². The van der Waals surface area contributed by atoms with Gasteiger partial charge in [-0.3, -0.25) is 4.90 Å². The fraction of sp³-hybridized carbons (Fsp3) is 0.692. The van der Waals surface area contributed by atoms with Crippen LogP contribution in [0.3, 0.4) is 0 Å². The summed E-state index contributed by atoms with van der Waals surface area (Å²) in [5.74, 6) is 0.926. The Labute approximate surface area is 112 Å². The van der Waals surface area contributed by atoms with Crippen molar-refractivity contribution in [1.82, 2.24) is 20.3 Å². The number of aryl methyl sites for hydroxylation is 1. The second kappa shape index (κ2) is 5.21. The summed E-state index contributed by atoms with van der Waals surface area (Å²) < 4.78 is 5.24. The number of likely N-dealkylation sites (tertiary alicyclic amines) is 1. The van der Waals surface area contributed by atoms with Crippen LogP contribution in [0, 0.1) is 6.92 Å². The molecule has 0 bridgehead atoms. The molecule has 0 atom stereocenters. The van der Waals surface area contributed by atoms with Gasteiger partial charge in [0.1, 0.15) is 0 Å². The van der Waals surface area contributed by atoms with Crippen LogP contribution in [0.1, 0.15) is 24.3 Å². The molecular weight excluding hydrogens is 244 g/mol. The average molecular weight is 264 g/mol. The van der Waals surface area contributed by atoms with E-state index in [0.29, 0.717) is 6.04 Å². The van der Waals surface area contributed by atoms with Crippen molar-refractivity contribution in [2.75, 3.05) is 26.2 Å². The average Bonchev–Trinajstić information content (AvgIpc) is 3.00. The van der Waals surface area contributed by atoms with Gasteiger partial charge in [0.25, 0.3) is 0 Å². The summed E-state index contributed by atoms with van der Waals surface area (Å²) in [5.41, 5.74) is 0.929. The maximum Gasteiger partial charge on any atom is 0.317 e. The molecule has 19 heavy (non-hydrogen) atoms. The summed E-state index contributed by atoms with van der Waals surface area (Å²) in [6.07, 6.45) is 2.08. The van der Waals surface area contributed by atoms with E-state index in [2.05, 4.69) is 15.4 Å². The molecule has 6 heteroatoms. The molecule has 0 aromatic carbocycles. The predicted molar refractivity (Wildman–Crippen MR) is 69.6 cm³/mol. The number of urea groups is 1. The number of amides is 2. The summed E-state index contributed by atoms with van der Waals surface area (Å²) in [6, 6.07) is 2.49. The fourth-order valence-corrected chi connectivity index (χ4v) is 2.94. The van der Waals surface area contributed by atoms with E-state index < -0.39 is 0 Å². The molecular formula is C13H20N4O2. The third kappa shape index (κ3) is 2.73. The molecule has 1 aromatic rings. The molecule has 2 fully saturated rings. The van der Waals surface area contributed by atoms with Gasteiger partial charge in [0.15, 0.2) is 5.76 Å². The molecule has 0 aliphatic carbocycles. The van der Waals surface area contributed by atoms with Crippen LogP contribution in [0.4, 0.5) is 4.79 Å². The van der Waals surface area contributed by atoms with Crippen molar-refractivity contribution < 1.29 is 9.32 Å². The lowest BCUT2D eigenvalue weighted by Gasteiger charge is -2.35. The van der Waals surface area contributed by atoms with E-state index in [0.717, 1.165) is 57.0 Å². The topological polar surface area (TPSA) is 61.6 Å². The number of rotatable bonds is 3. The highest BCUT2D eigenvalue weighted by molar-refractivity contribution is 5.76. The number of carbonyl (C=O) groups is 1. The molecule has 2 aliphatic heterocycles. The molecule has 6 nitrogen and oxygen atoms in total. The zero-order chi connectivity index (χ0) is 13.2. The van der Waals surface area contributed by atoms with Gasteiger partial charge in [-0.05, 0) is 19.8 Å². The largest absolute Gasteiger partial charge is 0.360 e. The number of carbonyl (C=O) groups excluding carboxylic acids is 1. The number of hydrogen-bond donors (Lipinski definition) is 1. The normalized spacial score (nSPS) is 21.9. The first-order valence-electron chi connectivity index (χ1n) is 6.91. The summed E-state index contributed by atoms with van der Waals surface area (Å²) in [7, 11) is 0. The van der Waals surface area contributed by atoms with E-state index in [1.807, 2.05) is 17.9 Å². The maximum atomic E-state index is 11.6. The van der Waals surface area contributed by atoms with E-state index in [9.17, 15) is 4.79 Å². The molecule has 2 amide bonds. The number of nitrogens with zero attached hydrogens (tertiary/aromatic N) is 3. The maximum absolute atomic E-state index is 11.6. The van der Waals surface area contributed by atoms with Crippen LogP contribution in [0.5, 0.6) is 0 Å². The van der Waals surface area contributed by atoms with Crippen molar-refractivity contribution in [1.29, 1.82) is 0 Å². The fourth-order valence-electron chi connectivity index (χ4n) is 2.94. The molecule has 3 heterocycles. The van der Waals surface area contributed by atoms with Crippen LogP contribution in [-0.2, 0) is 6.54 Å². The van der Waals surface area contributed by atoms with Gasteiger partial charge >= 0.3 is 6.03 Å². The molecule has 1 N–H and O–H groups in total. The van der Waals surface area contributed by atoms with Crippen LogP contribution in [0.2, 0.25) is 0 Å². The highest BCUT2D eigenvalue weighted by Crippen LogP contribution is 2.19.